The van der Waals surface area contributed by atoms with E-state index in [1.165, 1.54) is 4.90 Å². The molecule has 0 atom stereocenters. The SMILES string of the molecule is CC(C)N(CCO)C(=O)c1nnc(N)s1. The number of aliphatic hydroxyl groups is 1. The van der Waals surface area contributed by atoms with Crippen LogP contribution < -0.4 is 5.73 Å². The van der Waals surface area contributed by atoms with E-state index in [1.807, 2.05) is 13.8 Å². The fourth-order valence-corrected chi connectivity index (χ4v) is 1.71. The van der Waals surface area contributed by atoms with Crippen LogP contribution >= 0.6 is 11.3 Å². The van der Waals surface area contributed by atoms with Gasteiger partial charge in [-0.25, -0.2) is 0 Å². The van der Waals surface area contributed by atoms with Crippen molar-refractivity contribution in [3.05, 3.63) is 5.01 Å². The summed E-state index contributed by atoms with van der Waals surface area (Å²) in [5, 5.41) is 16.6. The molecule has 1 aromatic rings. The van der Waals surface area contributed by atoms with Crippen molar-refractivity contribution in [2.24, 2.45) is 0 Å². The predicted octanol–water partition coefficient (Wildman–Crippen LogP) is -0.0368. The Kier molecular flexibility index (Phi) is 3.98. The zero-order valence-electron chi connectivity index (χ0n) is 8.67. The van der Waals surface area contributed by atoms with Crippen molar-refractivity contribution in [2.45, 2.75) is 19.9 Å². The lowest BCUT2D eigenvalue weighted by Gasteiger charge is -2.24. The third-order valence-corrected chi connectivity index (χ3v) is 2.59. The van der Waals surface area contributed by atoms with E-state index < -0.39 is 0 Å². The van der Waals surface area contributed by atoms with Gasteiger partial charge in [0.15, 0.2) is 0 Å². The average molecular weight is 230 g/mol. The number of carbonyl (C=O) groups is 1. The van der Waals surface area contributed by atoms with Crippen LogP contribution in [0.15, 0.2) is 0 Å². The van der Waals surface area contributed by atoms with Gasteiger partial charge in [-0.2, -0.15) is 0 Å². The molecule has 0 fully saturated rings. The van der Waals surface area contributed by atoms with Crippen LogP contribution in [-0.4, -0.2) is 45.3 Å². The largest absolute Gasteiger partial charge is 0.395 e. The van der Waals surface area contributed by atoms with Gasteiger partial charge in [0.05, 0.1) is 6.61 Å². The van der Waals surface area contributed by atoms with Crippen LogP contribution in [0, 0.1) is 0 Å². The molecule has 3 N–H and O–H groups in total. The van der Waals surface area contributed by atoms with Crippen LogP contribution in [0.5, 0.6) is 0 Å². The molecule has 0 aliphatic rings. The van der Waals surface area contributed by atoms with Gasteiger partial charge < -0.3 is 15.7 Å². The first-order valence-electron chi connectivity index (χ1n) is 4.57. The third-order valence-electron chi connectivity index (χ3n) is 1.85. The van der Waals surface area contributed by atoms with E-state index in [9.17, 15) is 4.79 Å². The van der Waals surface area contributed by atoms with Gasteiger partial charge in [0.25, 0.3) is 5.91 Å². The Morgan fingerprint density at radius 3 is 2.67 bits per heavy atom. The molecule has 0 aliphatic carbocycles. The number of carbonyl (C=O) groups excluding carboxylic acids is 1. The topological polar surface area (TPSA) is 92.3 Å². The van der Waals surface area contributed by atoms with Crippen molar-refractivity contribution < 1.29 is 9.90 Å². The molecular weight excluding hydrogens is 216 g/mol. The number of nitrogens with zero attached hydrogens (tertiary/aromatic N) is 3. The monoisotopic (exact) mass is 230 g/mol. The fourth-order valence-electron chi connectivity index (χ4n) is 1.15. The molecule has 0 aromatic carbocycles. The number of rotatable bonds is 4. The zero-order chi connectivity index (χ0) is 11.4. The first-order valence-corrected chi connectivity index (χ1v) is 5.38. The van der Waals surface area contributed by atoms with E-state index in [0.717, 1.165) is 11.3 Å². The number of amides is 1. The molecule has 0 saturated heterocycles. The molecule has 0 radical (unpaired) electrons. The Morgan fingerprint density at radius 1 is 1.60 bits per heavy atom. The van der Waals surface area contributed by atoms with Gasteiger partial charge in [0.1, 0.15) is 0 Å². The van der Waals surface area contributed by atoms with Crippen LogP contribution in [0.25, 0.3) is 0 Å². The Morgan fingerprint density at radius 2 is 2.27 bits per heavy atom. The van der Waals surface area contributed by atoms with Gasteiger partial charge in [0.2, 0.25) is 10.1 Å². The third kappa shape index (κ3) is 2.87. The highest BCUT2D eigenvalue weighted by atomic mass is 32.1. The van der Waals surface area contributed by atoms with Gasteiger partial charge in [0, 0.05) is 12.6 Å². The minimum absolute atomic E-state index is 0.00905. The highest BCUT2D eigenvalue weighted by Crippen LogP contribution is 2.14. The van der Waals surface area contributed by atoms with Gasteiger partial charge in [-0.15, -0.1) is 10.2 Å². The van der Waals surface area contributed by atoms with Crippen LogP contribution in [-0.2, 0) is 0 Å². The van der Waals surface area contributed by atoms with Crippen molar-refractivity contribution in [3.63, 3.8) is 0 Å². The predicted molar refractivity (Wildman–Crippen MR) is 57.6 cm³/mol. The quantitative estimate of drug-likeness (QED) is 0.757. The van der Waals surface area contributed by atoms with E-state index in [0.29, 0.717) is 0 Å². The number of aliphatic hydroxyl groups excluding tert-OH is 1. The summed E-state index contributed by atoms with van der Waals surface area (Å²) in [6.45, 7) is 3.96. The summed E-state index contributed by atoms with van der Waals surface area (Å²) >= 11 is 1.05. The molecule has 1 rings (SSSR count). The summed E-state index contributed by atoms with van der Waals surface area (Å²) in [5.41, 5.74) is 5.39. The first-order chi connectivity index (χ1) is 7.06. The molecule has 7 heteroatoms. The minimum Gasteiger partial charge on any atom is -0.395 e. The summed E-state index contributed by atoms with van der Waals surface area (Å²) in [5.74, 6) is -0.242. The van der Waals surface area contributed by atoms with E-state index in [-0.39, 0.29) is 35.2 Å². The molecule has 0 saturated carbocycles. The lowest BCUT2D eigenvalue weighted by molar-refractivity contribution is 0.0664. The molecular formula is C8H14N4O2S. The number of anilines is 1. The molecule has 1 heterocycles. The highest BCUT2D eigenvalue weighted by molar-refractivity contribution is 7.16. The summed E-state index contributed by atoms with van der Waals surface area (Å²) in [6.07, 6.45) is 0. The Bertz CT molecular complexity index is 339. The number of hydrogen-bond acceptors (Lipinski definition) is 6. The van der Waals surface area contributed by atoms with E-state index in [1.54, 1.807) is 0 Å². The summed E-state index contributed by atoms with van der Waals surface area (Å²) in [6, 6.07) is 0.00905. The summed E-state index contributed by atoms with van der Waals surface area (Å²) in [4.78, 5) is 13.4. The Balaban J connectivity index is 2.80. The molecule has 84 valence electrons. The molecule has 1 aromatic heterocycles. The van der Waals surface area contributed by atoms with Crippen molar-refractivity contribution in [1.29, 1.82) is 0 Å². The van der Waals surface area contributed by atoms with Crippen molar-refractivity contribution in [3.8, 4) is 0 Å². The van der Waals surface area contributed by atoms with E-state index >= 15 is 0 Å². The molecule has 0 unspecified atom stereocenters. The maximum absolute atomic E-state index is 11.9. The maximum Gasteiger partial charge on any atom is 0.285 e. The molecule has 0 aliphatic heterocycles. The molecule has 0 spiro atoms. The molecule has 15 heavy (non-hydrogen) atoms. The van der Waals surface area contributed by atoms with Crippen molar-refractivity contribution >= 4 is 22.4 Å². The number of aromatic nitrogens is 2. The van der Waals surface area contributed by atoms with Crippen molar-refractivity contribution in [2.75, 3.05) is 18.9 Å². The van der Waals surface area contributed by atoms with Gasteiger partial charge in [-0.1, -0.05) is 11.3 Å². The van der Waals surface area contributed by atoms with Crippen LogP contribution in [0.3, 0.4) is 0 Å². The second kappa shape index (κ2) is 5.04. The normalized spacial score (nSPS) is 10.7. The van der Waals surface area contributed by atoms with Crippen LogP contribution in [0.4, 0.5) is 5.13 Å². The fraction of sp³-hybridized carbons (Fsp3) is 0.625. The smallest absolute Gasteiger partial charge is 0.285 e. The number of nitrogens with two attached hydrogens (primary N) is 1. The van der Waals surface area contributed by atoms with Crippen LogP contribution in [0.1, 0.15) is 23.6 Å². The number of nitrogen functional groups attached to an aromatic ring is 1. The minimum atomic E-state index is -0.242. The average Bonchev–Trinajstić information content (AvgIpc) is 2.59. The zero-order valence-corrected chi connectivity index (χ0v) is 9.49. The van der Waals surface area contributed by atoms with E-state index in [4.69, 9.17) is 10.8 Å². The highest BCUT2D eigenvalue weighted by Gasteiger charge is 2.21. The number of hydrogen-bond donors (Lipinski definition) is 2. The standard InChI is InChI=1S/C8H14N4O2S/c1-5(2)12(3-4-13)7(14)6-10-11-8(9)15-6/h5,13H,3-4H2,1-2H3,(H2,9,11). The summed E-state index contributed by atoms with van der Waals surface area (Å²) < 4.78 is 0. The van der Waals surface area contributed by atoms with Crippen LogP contribution in [0.2, 0.25) is 0 Å². The van der Waals surface area contributed by atoms with Gasteiger partial charge in [-0.3, -0.25) is 4.79 Å². The molecule has 6 nitrogen and oxygen atoms in total. The Hall–Kier alpha value is -1.21. The van der Waals surface area contributed by atoms with E-state index in [2.05, 4.69) is 10.2 Å². The summed E-state index contributed by atoms with van der Waals surface area (Å²) in [7, 11) is 0. The second-order valence-electron chi connectivity index (χ2n) is 3.26. The van der Waals surface area contributed by atoms with Gasteiger partial charge >= 0.3 is 0 Å². The first kappa shape index (κ1) is 11.9. The Labute approximate surface area is 91.7 Å². The maximum atomic E-state index is 11.9. The molecule has 0 bridgehead atoms. The molecule has 1 amide bonds. The van der Waals surface area contributed by atoms with Gasteiger partial charge in [-0.05, 0) is 13.8 Å². The van der Waals surface area contributed by atoms with Crippen molar-refractivity contribution in [1.82, 2.24) is 15.1 Å². The second-order valence-corrected chi connectivity index (χ2v) is 4.27. The lowest BCUT2D eigenvalue weighted by atomic mass is 10.3. The lowest BCUT2D eigenvalue weighted by Crippen LogP contribution is -2.38.